The van der Waals surface area contributed by atoms with Crippen molar-refractivity contribution in [3.63, 3.8) is 0 Å². The van der Waals surface area contributed by atoms with E-state index >= 15 is 0 Å². The van der Waals surface area contributed by atoms with Crippen molar-refractivity contribution in [2.45, 2.75) is 37.0 Å². The fourth-order valence-corrected chi connectivity index (χ4v) is 5.58. The number of carbonyl (C=O) groups is 2. The van der Waals surface area contributed by atoms with E-state index in [0.29, 0.717) is 49.5 Å². The molecule has 0 aromatic heterocycles. The molecule has 9 heteroatoms. The number of nitrogens with zero attached hydrogens (tertiary/aromatic N) is 1. The molecule has 1 heterocycles. The van der Waals surface area contributed by atoms with Crippen LogP contribution in [0.1, 0.15) is 34.6 Å². The molecule has 45 heavy (non-hydrogen) atoms. The number of ether oxygens (including phenoxy) is 2. The number of nitrogens with one attached hydrogen (secondary N) is 3. The van der Waals surface area contributed by atoms with Crippen LogP contribution in [0.5, 0.6) is 5.75 Å². The van der Waals surface area contributed by atoms with E-state index in [0.717, 1.165) is 16.7 Å². The van der Waals surface area contributed by atoms with Crippen molar-refractivity contribution in [1.82, 2.24) is 10.6 Å². The van der Waals surface area contributed by atoms with E-state index in [1.54, 1.807) is 24.3 Å². The molecule has 1 fully saturated rings. The average molecular weight is 605 g/mol. The summed E-state index contributed by atoms with van der Waals surface area (Å²) in [6.45, 7) is 1.74. The van der Waals surface area contributed by atoms with Crippen molar-refractivity contribution >= 4 is 17.7 Å². The molecule has 4 aromatic rings. The molecule has 0 spiro atoms. The Morgan fingerprint density at radius 1 is 0.889 bits per heavy atom. The van der Waals surface area contributed by atoms with E-state index < -0.39 is 24.0 Å². The first-order valence-corrected chi connectivity index (χ1v) is 15.0. The summed E-state index contributed by atoms with van der Waals surface area (Å²) in [5.74, 6) is -0.305. The Hall–Kier alpha value is -5.17. The van der Waals surface area contributed by atoms with Crippen LogP contribution in [0.4, 0.5) is 10.5 Å². The first-order chi connectivity index (χ1) is 22.0. The van der Waals surface area contributed by atoms with E-state index in [-0.39, 0.29) is 12.2 Å². The Morgan fingerprint density at radius 2 is 1.51 bits per heavy atom. The Bertz CT molecular complexity index is 1550. The number of hydrogen-bond donors (Lipinski definition) is 4. The molecule has 5 rings (SSSR count). The maximum absolute atomic E-state index is 13.9. The molecule has 1 aliphatic rings. The van der Waals surface area contributed by atoms with Crippen LogP contribution in [0, 0.1) is 11.3 Å². The van der Waals surface area contributed by atoms with Crippen LogP contribution in [-0.2, 0) is 16.0 Å². The summed E-state index contributed by atoms with van der Waals surface area (Å²) in [6.07, 6.45) is -0.117. The topological polar surface area (TPSA) is 133 Å². The third-order valence-electron chi connectivity index (χ3n) is 7.77. The highest BCUT2D eigenvalue weighted by molar-refractivity contribution is 5.98. The zero-order valence-electron chi connectivity index (χ0n) is 24.8. The molecule has 1 aliphatic heterocycles. The molecule has 0 bridgehead atoms. The number of morpholine rings is 1. The zero-order valence-corrected chi connectivity index (χ0v) is 24.8. The van der Waals surface area contributed by atoms with Gasteiger partial charge in [-0.05, 0) is 59.9 Å². The van der Waals surface area contributed by atoms with Crippen LogP contribution in [-0.4, -0.2) is 55.1 Å². The molecule has 0 aliphatic carbocycles. The minimum atomic E-state index is -1.28. The van der Waals surface area contributed by atoms with Gasteiger partial charge in [0.25, 0.3) is 0 Å². The number of amides is 2. The number of benzene rings is 4. The molecular formula is C36H36N4O5. The molecule has 9 nitrogen and oxygen atoms in total. The third kappa shape index (κ3) is 8.70. The van der Waals surface area contributed by atoms with E-state index in [4.69, 9.17) is 14.7 Å². The van der Waals surface area contributed by atoms with Crippen LogP contribution in [0.2, 0.25) is 0 Å². The Balaban J connectivity index is 1.25. The number of carboxylic acid groups (broad SMARTS) is 1. The fourth-order valence-electron chi connectivity index (χ4n) is 5.58. The van der Waals surface area contributed by atoms with Gasteiger partial charge in [0.05, 0.1) is 17.7 Å². The van der Waals surface area contributed by atoms with Gasteiger partial charge in [0.2, 0.25) is 5.91 Å². The van der Waals surface area contributed by atoms with Crippen LogP contribution in [0.25, 0.3) is 0 Å². The summed E-state index contributed by atoms with van der Waals surface area (Å²) in [4.78, 5) is 25.8. The molecule has 2 amide bonds. The van der Waals surface area contributed by atoms with Gasteiger partial charge in [0.15, 0.2) is 0 Å². The van der Waals surface area contributed by atoms with Crippen LogP contribution < -0.4 is 20.7 Å². The number of nitriles is 1. The molecule has 3 atom stereocenters. The number of aryl methyl sites for hydroxylation is 1. The van der Waals surface area contributed by atoms with Crippen molar-refractivity contribution in [2.75, 3.05) is 25.0 Å². The van der Waals surface area contributed by atoms with Gasteiger partial charge >= 0.3 is 6.09 Å². The lowest BCUT2D eigenvalue weighted by Gasteiger charge is -2.31. The van der Waals surface area contributed by atoms with Crippen LogP contribution >= 0.6 is 0 Å². The zero-order chi connectivity index (χ0) is 31.4. The second kappa shape index (κ2) is 15.5. The molecule has 230 valence electrons. The van der Waals surface area contributed by atoms with Gasteiger partial charge in [0.1, 0.15) is 24.5 Å². The monoisotopic (exact) mass is 604 g/mol. The van der Waals surface area contributed by atoms with Gasteiger partial charge in [-0.25, -0.2) is 4.79 Å². The lowest BCUT2D eigenvalue weighted by atomic mass is 9.84. The molecular weight excluding hydrogens is 568 g/mol. The number of hydrogen-bond acceptors (Lipinski definition) is 6. The summed E-state index contributed by atoms with van der Waals surface area (Å²) >= 11 is 0. The average Bonchev–Trinajstić information content (AvgIpc) is 3.08. The molecule has 1 saturated heterocycles. The van der Waals surface area contributed by atoms with E-state index in [1.165, 1.54) is 0 Å². The summed E-state index contributed by atoms with van der Waals surface area (Å²) in [6, 6.07) is 34.4. The van der Waals surface area contributed by atoms with Gasteiger partial charge in [-0.3, -0.25) is 4.79 Å². The molecule has 0 unspecified atom stereocenters. The number of anilines is 1. The molecule has 4 N–H and O–H groups in total. The number of carbonyl (C=O) groups excluding carboxylic acids is 1. The number of rotatable bonds is 12. The molecule has 0 saturated carbocycles. The van der Waals surface area contributed by atoms with E-state index in [1.807, 2.05) is 84.9 Å². The quantitative estimate of drug-likeness (QED) is 0.172. The minimum Gasteiger partial charge on any atom is -0.491 e. The summed E-state index contributed by atoms with van der Waals surface area (Å²) in [5.41, 5.74) is 3.78. The first-order valence-electron chi connectivity index (χ1n) is 15.0. The summed E-state index contributed by atoms with van der Waals surface area (Å²) in [7, 11) is 0. The highest BCUT2D eigenvalue weighted by Crippen LogP contribution is 2.30. The Labute approximate surface area is 262 Å². The summed E-state index contributed by atoms with van der Waals surface area (Å²) < 4.78 is 12.2. The van der Waals surface area contributed by atoms with Gasteiger partial charge in [-0.1, -0.05) is 78.9 Å². The van der Waals surface area contributed by atoms with Crippen molar-refractivity contribution in [3.05, 3.63) is 131 Å². The van der Waals surface area contributed by atoms with Crippen LogP contribution in [0.3, 0.4) is 0 Å². The van der Waals surface area contributed by atoms with Gasteiger partial charge < -0.3 is 30.5 Å². The molecule has 0 radical (unpaired) electrons. The molecule has 4 aromatic carbocycles. The lowest BCUT2D eigenvalue weighted by molar-refractivity contribution is -0.118. The van der Waals surface area contributed by atoms with Crippen molar-refractivity contribution in [1.29, 1.82) is 5.26 Å². The SMILES string of the molecule is N#Cc1ccc(OC[C@@H]2CNC[C@@H](CCc3ccccc3NC(=O)[C@@H](NC(=O)O)C(c3ccccc3)c3ccccc3)O2)cc1. The van der Waals surface area contributed by atoms with E-state index in [2.05, 4.69) is 22.0 Å². The van der Waals surface area contributed by atoms with Crippen LogP contribution in [0.15, 0.2) is 109 Å². The van der Waals surface area contributed by atoms with E-state index in [9.17, 15) is 14.7 Å². The van der Waals surface area contributed by atoms with Crippen molar-refractivity contribution in [3.8, 4) is 11.8 Å². The predicted molar refractivity (Wildman–Crippen MR) is 171 cm³/mol. The highest BCUT2D eigenvalue weighted by atomic mass is 16.5. The Morgan fingerprint density at radius 3 is 2.16 bits per heavy atom. The highest BCUT2D eigenvalue weighted by Gasteiger charge is 2.33. The fraction of sp³-hybridized carbons (Fsp3) is 0.250. The predicted octanol–water partition coefficient (Wildman–Crippen LogP) is 5.33. The van der Waals surface area contributed by atoms with Gasteiger partial charge in [0, 0.05) is 24.7 Å². The first kappa shape index (κ1) is 31.3. The van der Waals surface area contributed by atoms with Gasteiger partial charge in [-0.15, -0.1) is 0 Å². The third-order valence-corrected chi connectivity index (χ3v) is 7.77. The Kier molecular flexibility index (Phi) is 10.8. The lowest BCUT2D eigenvalue weighted by Crippen LogP contribution is -2.47. The summed E-state index contributed by atoms with van der Waals surface area (Å²) in [5, 5.41) is 27.6. The largest absolute Gasteiger partial charge is 0.491 e. The van der Waals surface area contributed by atoms with Gasteiger partial charge in [-0.2, -0.15) is 5.26 Å². The second-order valence-corrected chi connectivity index (χ2v) is 10.9. The van der Waals surface area contributed by atoms with Crippen molar-refractivity contribution < 1.29 is 24.2 Å². The maximum Gasteiger partial charge on any atom is 0.405 e. The maximum atomic E-state index is 13.9. The smallest absolute Gasteiger partial charge is 0.405 e. The minimum absolute atomic E-state index is 0.0564. The standard InChI is InChI=1S/C36H36N4O5/c37-21-25-15-18-29(19-16-25)44-24-31-23-38-22-30(45-31)20-17-26-9-7-8-14-32(26)39-35(41)34(40-36(42)43)33(27-10-3-1-4-11-27)28-12-5-2-6-13-28/h1-16,18-19,30-31,33-34,38,40H,17,20,22-24H2,(H,39,41)(H,42,43)/t30-,31+,34+/m1/s1. The van der Waals surface area contributed by atoms with Crippen molar-refractivity contribution in [2.24, 2.45) is 0 Å². The second-order valence-electron chi connectivity index (χ2n) is 10.9. The normalized spacial score (nSPS) is 16.7. The number of para-hydroxylation sites is 1.